The summed E-state index contributed by atoms with van der Waals surface area (Å²) in [4.78, 5) is 10.2. The quantitative estimate of drug-likeness (QED) is 0.245. The van der Waals surface area contributed by atoms with E-state index in [-0.39, 0.29) is 11.9 Å². The highest BCUT2D eigenvalue weighted by Gasteiger charge is 2.29. The molecule has 0 unspecified atom stereocenters. The van der Waals surface area contributed by atoms with E-state index in [0.717, 1.165) is 69.8 Å². The van der Waals surface area contributed by atoms with Gasteiger partial charge in [0.15, 0.2) is 5.65 Å². The summed E-state index contributed by atoms with van der Waals surface area (Å²) in [7, 11) is 0. The summed E-state index contributed by atoms with van der Waals surface area (Å²) in [5.41, 5.74) is 10.5. The molecule has 0 saturated carbocycles. The summed E-state index contributed by atoms with van der Waals surface area (Å²) < 4.78 is 16.6. The first-order valence-corrected chi connectivity index (χ1v) is 14.2. The summed E-state index contributed by atoms with van der Waals surface area (Å²) in [6.45, 7) is 4.25. The molecule has 0 spiro atoms. The van der Waals surface area contributed by atoms with Crippen molar-refractivity contribution in [1.82, 2.24) is 35.2 Å². The monoisotopic (exact) mass is 543 g/mol. The van der Waals surface area contributed by atoms with Crippen LogP contribution in [0.5, 0.6) is 0 Å². The molecular weight excluding hydrogens is 513 g/mol. The first-order valence-electron chi connectivity index (χ1n) is 14.2. The first-order chi connectivity index (χ1) is 20.1. The lowest BCUT2D eigenvalue weighted by Gasteiger charge is -2.18. The van der Waals surface area contributed by atoms with Crippen molar-refractivity contribution in [3.8, 4) is 22.5 Å². The molecule has 7 rings (SSSR count). The number of aromatic nitrogens is 7. The number of hydrogen-bond donors (Lipinski definition) is 1. The number of fused-ring (bicyclic) bond motifs is 2. The lowest BCUT2D eigenvalue weighted by atomic mass is 9.96. The van der Waals surface area contributed by atoms with E-state index >= 15 is 0 Å². The van der Waals surface area contributed by atoms with E-state index in [0.29, 0.717) is 18.7 Å². The van der Waals surface area contributed by atoms with E-state index in [9.17, 15) is 4.39 Å². The molecule has 0 aliphatic heterocycles. The minimum absolute atomic E-state index is 0.162. The van der Waals surface area contributed by atoms with Crippen LogP contribution in [-0.4, -0.2) is 35.2 Å². The molecule has 0 fully saturated rings. The lowest BCUT2D eigenvalue weighted by molar-refractivity contribution is 0.566. The first kappa shape index (κ1) is 25.3. The van der Waals surface area contributed by atoms with Crippen molar-refractivity contribution in [2.24, 2.45) is 0 Å². The van der Waals surface area contributed by atoms with Gasteiger partial charge in [0.1, 0.15) is 17.2 Å². The number of hydrogen-bond acceptors (Lipinski definition) is 5. The van der Waals surface area contributed by atoms with Crippen LogP contribution in [0.1, 0.15) is 53.2 Å². The van der Waals surface area contributed by atoms with Gasteiger partial charge in [0.05, 0.1) is 6.04 Å². The number of nitrogens with zero attached hydrogens (tertiary/aromatic N) is 6. The van der Waals surface area contributed by atoms with Gasteiger partial charge in [0.2, 0.25) is 5.82 Å². The normalized spacial score (nSPS) is 14.6. The SMILES string of the molecule is CCc1nc2c(C)cc(CCc3ccccc3F)nc2n1[C@H]1CCc2cc(-c3ccccc3-c3nn[nH]n3)ccc21. The Kier molecular flexibility index (Phi) is 6.38. The number of pyridine rings is 1. The number of H-pyrrole nitrogens is 1. The maximum atomic E-state index is 14.3. The number of nitrogens with one attached hydrogen (secondary N) is 1. The van der Waals surface area contributed by atoms with Gasteiger partial charge >= 0.3 is 0 Å². The maximum absolute atomic E-state index is 14.3. The van der Waals surface area contributed by atoms with Crippen LogP contribution in [0.15, 0.2) is 72.8 Å². The molecule has 0 amide bonds. The summed E-state index contributed by atoms with van der Waals surface area (Å²) in [5, 5.41) is 14.7. The summed E-state index contributed by atoms with van der Waals surface area (Å²) in [6.07, 6.45) is 4.08. The number of halogens is 1. The Morgan fingerprint density at radius 3 is 2.59 bits per heavy atom. The molecule has 1 aliphatic carbocycles. The average molecular weight is 544 g/mol. The predicted molar refractivity (Wildman–Crippen MR) is 157 cm³/mol. The van der Waals surface area contributed by atoms with Crippen molar-refractivity contribution in [1.29, 1.82) is 0 Å². The van der Waals surface area contributed by atoms with Gasteiger partial charge in [-0.3, -0.25) is 0 Å². The van der Waals surface area contributed by atoms with Crippen LogP contribution in [0.2, 0.25) is 0 Å². The molecule has 8 heteroatoms. The topological polar surface area (TPSA) is 85.2 Å². The fraction of sp³-hybridized carbons (Fsp3) is 0.242. The van der Waals surface area contributed by atoms with E-state index in [1.165, 1.54) is 17.2 Å². The van der Waals surface area contributed by atoms with Crippen LogP contribution in [0.4, 0.5) is 4.39 Å². The van der Waals surface area contributed by atoms with Gasteiger partial charge < -0.3 is 4.57 Å². The Hall–Kier alpha value is -4.72. The van der Waals surface area contributed by atoms with Crippen LogP contribution in [0.3, 0.4) is 0 Å². The van der Waals surface area contributed by atoms with Gasteiger partial charge in [-0.2, -0.15) is 5.21 Å². The van der Waals surface area contributed by atoms with Crippen molar-refractivity contribution in [2.45, 2.75) is 52.0 Å². The van der Waals surface area contributed by atoms with Crippen molar-refractivity contribution in [3.05, 3.63) is 112 Å². The molecule has 7 nitrogen and oxygen atoms in total. The van der Waals surface area contributed by atoms with Crippen LogP contribution >= 0.6 is 0 Å². The molecule has 6 aromatic rings. The smallest absolute Gasteiger partial charge is 0.205 e. The second-order valence-corrected chi connectivity index (χ2v) is 10.7. The zero-order valence-corrected chi connectivity index (χ0v) is 23.1. The highest BCUT2D eigenvalue weighted by Crippen LogP contribution is 2.40. The summed E-state index contributed by atoms with van der Waals surface area (Å²) in [5.74, 6) is 1.47. The number of aryl methyl sites for hydroxylation is 5. The second-order valence-electron chi connectivity index (χ2n) is 10.7. The van der Waals surface area contributed by atoms with Gasteiger partial charge in [-0.25, -0.2) is 14.4 Å². The molecule has 0 bridgehead atoms. The largest absolute Gasteiger partial charge is 0.305 e. The van der Waals surface area contributed by atoms with E-state index < -0.39 is 0 Å². The molecule has 41 heavy (non-hydrogen) atoms. The molecule has 3 aromatic heterocycles. The van der Waals surface area contributed by atoms with Crippen molar-refractivity contribution in [3.63, 3.8) is 0 Å². The molecule has 0 radical (unpaired) electrons. The van der Waals surface area contributed by atoms with Gasteiger partial charge in [0, 0.05) is 17.7 Å². The van der Waals surface area contributed by atoms with Crippen molar-refractivity contribution < 1.29 is 4.39 Å². The third-order valence-corrected chi connectivity index (χ3v) is 8.21. The van der Waals surface area contributed by atoms with Gasteiger partial charge in [-0.1, -0.05) is 67.6 Å². The highest BCUT2D eigenvalue weighted by molar-refractivity contribution is 5.81. The molecule has 0 saturated heterocycles. The van der Waals surface area contributed by atoms with Crippen LogP contribution < -0.4 is 0 Å². The average Bonchev–Trinajstić information content (AvgIpc) is 3.75. The fourth-order valence-electron chi connectivity index (χ4n) is 6.23. The minimum Gasteiger partial charge on any atom is -0.305 e. The number of aromatic amines is 1. The van der Waals surface area contributed by atoms with Gasteiger partial charge in [-0.05, 0) is 83.3 Å². The Morgan fingerprint density at radius 2 is 1.78 bits per heavy atom. The zero-order valence-electron chi connectivity index (χ0n) is 23.1. The number of tetrazole rings is 1. The third-order valence-electron chi connectivity index (χ3n) is 8.21. The number of rotatable bonds is 7. The lowest BCUT2D eigenvalue weighted by Crippen LogP contribution is -2.12. The second kappa shape index (κ2) is 10.4. The van der Waals surface area contributed by atoms with Crippen LogP contribution in [0, 0.1) is 12.7 Å². The third kappa shape index (κ3) is 4.49. The van der Waals surface area contributed by atoms with E-state index in [4.69, 9.17) is 9.97 Å². The Labute approximate surface area is 237 Å². The maximum Gasteiger partial charge on any atom is 0.205 e. The van der Waals surface area contributed by atoms with E-state index in [1.54, 1.807) is 6.07 Å². The van der Waals surface area contributed by atoms with Crippen LogP contribution in [0.25, 0.3) is 33.7 Å². The van der Waals surface area contributed by atoms with Crippen molar-refractivity contribution in [2.75, 3.05) is 0 Å². The Morgan fingerprint density at radius 1 is 0.951 bits per heavy atom. The number of benzene rings is 3. The Balaban J connectivity index is 1.26. The van der Waals surface area contributed by atoms with Crippen LogP contribution in [-0.2, 0) is 25.7 Å². The molecular formula is C33H30FN7. The van der Waals surface area contributed by atoms with Crippen molar-refractivity contribution >= 4 is 11.2 Å². The highest BCUT2D eigenvalue weighted by atomic mass is 19.1. The van der Waals surface area contributed by atoms with E-state index in [2.05, 4.69) is 69.4 Å². The number of imidazole rings is 1. The van der Waals surface area contributed by atoms with Gasteiger partial charge in [0.25, 0.3) is 0 Å². The molecule has 1 atom stereocenters. The molecule has 3 heterocycles. The molecule has 3 aromatic carbocycles. The zero-order chi connectivity index (χ0) is 27.9. The molecule has 1 aliphatic rings. The molecule has 1 N–H and O–H groups in total. The summed E-state index contributed by atoms with van der Waals surface area (Å²) >= 11 is 0. The minimum atomic E-state index is -0.162. The van der Waals surface area contributed by atoms with Gasteiger partial charge in [-0.15, -0.1) is 10.2 Å². The molecule has 204 valence electrons. The summed E-state index contributed by atoms with van der Waals surface area (Å²) in [6, 6.07) is 24.2. The predicted octanol–water partition coefficient (Wildman–Crippen LogP) is 6.61. The van der Waals surface area contributed by atoms with E-state index in [1.807, 2.05) is 30.3 Å². The fourth-order valence-corrected chi connectivity index (χ4v) is 6.23. The Bertz CT molecular complexity index is 1870. The standard InChI is InChI=1S/C33H30FN7/c1-3-30-36-31-20(2)18-24(15-12-21-8-4-7-11-28(21)34)35-33(31)41(30)29-17-14-23-19-22(13-16-26(23)29)25-9-5-6-10-27(25)32-37-39-40-38-32/h4-11,13,16,18-19,29H,3,12,14-15,17H2,1-2H3,(H,37,38,39,40)/t29-/m0/s1.